The van der Waals surface area contributed by atoms with Crippen LogP contribution in [0.15, 0.2) is 53.0 Å². The predicted octanol–water partition coefficient (Wildman–Crippen LogP) is 8.37. The zero-order chi connectivity index (χ0) is 23.1. The van der Waals surface area contributed by atoms with E-state index >= 15 is 0 Å². The van der Waals surface area contributed by atoms with Crippen LogP contribution in [0, 0.1) is 0 Å². The summed E-state index contributed by atoms with van der Waals surface area (Å²) in [6.45, 7) is 4.21. The van der Waals surface area contributed by atoms with Gasteiger partial charge in [-0.2, -0.15) is 0 Å². The average Bonchev–Trinajstić information content (AvgIpc) is 2.74. The highest BCUT2D eigenvalue weighted by molar-refractivity contribution is 9.10. The van der Waals surface area contributed by atoms with E-state index in [1.807, 2.05) is 37.3 Å². The van der Waals surface area contributed by atoms with E-state index in [9.17, 15) is 0 Å². The summed E-state index contributed by atoms with van der Waals surface area (Å²) in [7, 11) is 0. The number of halogens is 5. The molecule has 0 aliphatic heterocycles. The Balaban J connectivity index is 1.63. The van der Waals surface area contributed by atoms with Crippen LogP contribution in [0.5, 0.6) is 11.5 Å². The van der Waals surface area contributed by atoms with E-state index in [4.69, 9.17) is 55.9 Å². The number of nitrogens with one attached hydrogen (secondary N) is 1. The maximum Gasteiger partial charge on any atom is 0.162 e. The summed E-state index contributed by atoms with van der Waals surface area (Å²) < 4.78 is 12.8. The van der Waals surface area contributed by atoms with Gasteiger partial charge in [0.05, 0.1) is 6.61 Å². The molecule has 3 rings (SSSR count). The van der Waals surface area contributed by atoms with Gasteiger partial charge in [0.25, 0.3) is 0 Å². The van der Waals surface area contributed by atoms with Crippen molar-refractivity contribution in [2.24, 2.45) is 0 Å². The lowest BCUT2D eigenvalue weighted by atomic mass is 10.1. The lowest BCUT2D eigenvalue weighted by Crippen LogP contribution is -2.17. The van der Waals surface area contributed by atoms with Crippen molar-refractivity contribution >= 4 is 62.3 Å². The molecule has 0 aliphatic carbocycles. The average molecular weight is 578 g/mol. The Labute approximate surface area is 217 Å². The zero-order valence-electron chi connectivity index (χ0n) is 17.4. The normalized spacial score (nSPS) is 10.9. The summed E-state index contributed by atoms with van der Waals surface area (Å²) in [5.74, 6) is 1.32. The minimum Gasteiger partial charge on any atom is -0.490 e. The number of ether oxygens (including phenoxy) is 2. The minimum absolute atomic E-state index is 0.308. The molecule has 0 spiro atoms. The molecule has 0 saturated carbocycles. The fraction of sp³-hybridized carbons (Fsp3) is 0.250. The molecule has 170 valence electrons. The lowest BCUT2D eigenvalue weighted by molar-refractivity contribution is 0.269. The standard InChI is InChI=1S/C24H22BrCl4NO2/c1-2-31-23-9-17(13-30-8-7-15-3-5-18(26)10-21(15)28)20(25)12-24(23)32-14-16-4-6-19(27)11-22(16)29/h3-6,9-12,30H,2,7-8,13-14H2,1H3. The first kappa shape index (κ1) is 25.5. The molecule has 0 heterocycles. The Morgan fingerprint density at radius 2 is 1.41 bits per heavy atom. The van der Waals surface area contributed by atoms with Crippen LogP contribution in [-0.2, 0) is 19.6 Å². The van der Waals surface area contributed by atoms with Crippen LogP contribution in [0.1, 0.15) is 23.6 Å². The van der Waals surface area contributed by atoms with Crippen molar-refractivity contribution in [3.63, 3.8) is 0 Å². The first-order chi connectivity index (χ1) is 15.4. The van der Waals surface area contributed by atoms with Crippen LogP contribution in [0.25, 0.3) is 0 Å². The van der Waals surface area contributed by atoms with Gasteiger partial charge in [-0.3, -0.25) is 0 Å². The van der Waals surface area contributed by atoms with Crippen molar-refractivity contribution < 1.29 is 9.47 Å². The molecule has 0 atom stereocenters. The summed E-state index contributed by atoms with van der Waals surface area (Å²) in [6.07, 6.45) is 0.801. The van der Waals surface area contributed by atoms with E-state index in [-0.39, 0.29) is 0 Å². The van der Waals surface area contributed by atoms with E-state index in [2.05, 4.69) is 21.2 Å². The van der Waals surface area contributed by atoms with Gasteiger partial charge in [-0.15, -0.1) is 0 Å². The molecule has 32 heavy (non-hydrogen) atoms. The monoisotopic (exact) mass is 575 g/mol. The second kappa shape index (κ2) is 12.4. The van der Waals surface area contributed by atoms with Crippen molar-refractivity contribution in [1.29, 1.82) is 0 Å². The number of hydrogen-bond acceptors (Lipinski definition) is 3. The highest BCUT2D eigenvalue weighted by Crippen LogP contribution is 2.35. The topological polar surface area (TPSA) is 30.5 Å². The van der Waals surface area contributed by atoms with Gasteiger partial charge >= 0.3 is 0 Å². The van der Waals surface area contributed by atoms with Crippen LogP contribution in [-0.4, -0.2) is 13.2 Å². The van der Waals surface area contributed by atoms with Crippen LogP contribution >= 0.6 is 62.3 Å². The molecule has 0 radical (unpaired) electrons. The molecule has 3 nitrogen and oxygen atoms in total. The molecule has 3 aromatic rings. The fourth-order valence-corrected chi connectivity index (χ4v) is 4.49. The Kier molecular flexibility index (Phi) is 9.84. The second-order valence-electron chi connectivity index (χ2n) is 7.01. The maximum atomic E-state index is 6.26. The van der Waals surface area contributed by atoms with Gasteiger partial charge < -0.3 is 14.8 Å². The third kappa shape index (κ3) is 7.18. The quantitative estimate of drug-likeness (QED) is 0.246. The molecule has 0 unspecified atom stereocenters. The highest BCUT2D eigenvalue weighted by atomic mass is 79.9. The molecular weight excluding hydrogens is 556 g/mol. The van der Waals surface area contributed by atoms with Crippen molar-refractivity contribution in [1.82, 2.24) is 5.32 Å². The summed E-state index contributed by atoms with van der Waals surface area (Å²) >= 11 is 28.1. The molecule has 3 aromatic carbocycles. The Morgan fingerprint density at radius 1 is 0.781 bits per heavy atom. The summed E-state index contributed by atoms with van der Waals surface area (Å²) in [5, 5.41) is 5.92. The van der Waals surface area contributed by atoms with Gasteiger partial charge in [-0.05, 0) is 67.4 Å². The van der Waals surface area contributed by atoms with Gasteiger partial charge in [0.15, 0.2) is 11.5 Å². The van der Waals surface area contributed by atoms with E-state index < -0.39 is 0 Å². The lowest BCUT2D eigenvalue weighted by Gasteiger charge is -2.16. The van der Waals surface area contributed by atoms with Crippen molar-refractivity contribution in [2.75, 3.05) is 13.2 Å². The van der Waals surface area contributed by atoms with Gasteiger partial charge in [0.1, 0.15) is 6.61 Å². The van der Waals surface area contributed by atoms with Gasteiger partial charge in [-0.1, -0.05) is 74.5 Å². The first-order valence-corrected chi connectivity index (χ1v) is 12.3. The summed E-state index contributed by atoms with van der Waals surface area (Å²) in [4.78, 5) is 0. The number of benzene rings is 3. The van der Waals surface area contributed by atoms with Crippen LogP contribution in [0.3, 0.4) is 0 Å². The highest BCUT2D eigenvalue weighted by Gasteiger charge is 2.12. The van der Waals surface area contributed by atoms with Gasteiger partial charge in [-0.25, -0.2) is 0 Å². The zero-order valence-corrected chi connectivity index (χ0v) is 22.0. The molecule has 0 amide bonds. The maximum absolute atomic E-state index is 6.26. The molecular formula is C24H22BrCl4NO2. The Hall–Kier alpha value is -1.14. The van der Waals surface area contributed by atoms with E-state index in [0.29, 0.717) is 51.3 Å². The van der Waals surface area contributed by atoms with E-state index in [0.717, 1.165) is 34.1 Å². The van der Waals surface area contributed by atoms with Crippen molar-refractivity contribution in [3.05, 3.63) is 89.8 Å². The second-order valence-corrected chi connectivity index (χ2v) is 9.55. The van der Waals surface area contributed by atoms with Gasteiger partial charge in [0, 0.05) is 36.7 Å². The molecule has 0 aliphatic rings. The van der Waals surface area contributed by atoms with Gasteiger partial charge in [0.2, 0.25) is 0 Å². The summed E-state index contributed by atoms with van der Waals surface area (Å²) in [6, 6.07) is 14.8. The number of rotatable bonds is 10. The summed E-state index contributed by atoms with van der Waals surface area (Å²) in [5.41, 5.74) is 2.97. The molecule has 0 aromatic heterocycles. The van der Waals surface area contributed by atoms with E-state index in [1.165, 1.54) is 0 Å². The molecule has 0 fully saturated rings. The first-order valence-electron chi connectivity index (χ1n) is 10.0. The molecule has 8 heteroatoms. The SMILES string of the molecule is CCOc1cc(CNCCc2ccc(Cl)cc2Cl)c(Br)cc1OCc1ccc(Cl)cc1Cl. The Bertz CT molecular complexity index is 1080. The van der Waals surface area contributed by atoms with Crippen LogP contribution in [0.2, 0.25) is 20.1 Å². The Morgan fingerprint density at radius 3 is 2.03 bits per heavy atom. The minimum atomic E-state index is 0.308. The molecule has 0 saturated heterocycles. The van der Waals surface area contributed by atoms with Crippen LogP contribution < -0.4 is 14.8 Å². The third-order valence-electron chi connectivity index (χ3n) is 4.71. The van der Waals surface area contributed by atoms with Crippen molar-refractivity contribution in [3.8, 4) is 11.5 Å². The van der Waals surface area contributed by atoms with E-state index in [1.54, 1.807) is 18.2 Å². The van der Waals surface area contributed by atoms with Crippen molar-refractivity contribution in [2.45, 2.75) is 26.5 Å². The molecule has 1 N–H and O–H groups in total. The van der Waals surface area contributed by atoms with Crippen LogP contribution in [0.4, 0.5) is 0 Å². The number of hydrogen-bond donors (Lipinski definition) is 1. The largest absolute Gasteiger partial charge is 0.490 e. The fourth-order valence-electron chi connectivity index (χ4n) is 3.06. The smallest absolute Gasteiger partial charge is 0.162 e. The predicted molar refractivity (Wildman–Crippen MR) is 138 cm³/mol. The molecule has 0 bridgehead atoms. The third-order valence-corrected chi connectivity index (χ3v) is 6.62.